The Morgan fingerprint density at radius 2 is 2.05 bits per heavy atom. The van der Waals surface area contributed by atoms with Crippen LogP contribution in [0.15, 0.2) is 22.7 Å². The molecule has 1 aromatic carbocycles. The van der Waals surface area contributed by atoms with Gasteiger partial charge in [-0.2, -0.15) is 0 Å². The molecule has 0 saturated carbocycles. The van der Waals surface area contributed by atoms with Crippen LogP contribution >= 0.6 is 15.9 Å². The SMILES string of the molecule is CCOC(=O)CCCCCOc1c(Br)cccc1OC. The lowest BCUT2D eigenvalue weighted by atomic mass is 10.2. The van der Waals surface area contributed by atoms with Crippen molar-refractivity contribution in [3.63, 3.8) is 0 Å². The minimum absolute atomic E-state index is 0.124. The van der Waals surface area contributed by atoms with Crippen molar-refractivity contribution in [2.45, 2.75) is 32.6 Å². The number of esters is 1. The fraction of sp³-hybridized carbons (Fsp3) is 0.533. The fourth-order valence-electron chi connectivity index (χ4n) is 1.75. The highest BCUT2D eigenvalue weighted by atomic mass is 79.9. The maximum absolute atomic E-state index is 11.1. The van der Waals surface area contributed by atoms with Crippen LogP contribution < -0.4 is 9.47 Å². The van der Waals surface area contributed by atoms with Crippen LogP contribution in [0, 0.1) is 0 Å². The molecule has 0 fully saturated rings. The number of hydrogen-bond acceptors (Lipinski definition) is 4. The molecule has 1 aromatic rings. The lowest BCUT2D eigenvalue weighted by Crippen LogP contribution is -2.04. The first-order valence-corrected chi connectivity index (χ1v) is 7.59. The zero-order valence-electron chi connectivity index (χ0n) is 12.0. The summed E-state index contributed by atoms with van der Waals surface area (Å²) >= 11 is 3.44. The number of carbonyl (C=O) groups is 1. The standard InChI is InChI=1S/C15H21BrO4/c1-3-19-14(17)10-5-4-6-11-20-15-12(16)8-7-9-13(15)18-2/h7-9H,3-6,10-11H2,1-2H3. The second kappa shape index (κ2) is 9.64. The van der Waals surface area contributed by atoms with Gasteiger partial charge in [0.2, 0.25) is 0 Å². The molecule has 0 aliphatic rings. The Hall–Kier alpha value is -1.23. The fourth-order valence-corrected chi connectivity index (χ4v) is 2.21. The molecule has 4 nitrogen and oxygen atoms in total. The molecule has 112 valence electrons. The van der Waals surface area contributed by atoms with E-state index >= 15 is 0 Å². The highest BCUT2D eigenvalue weighted by Crippen LogP contribution is 2.34. The zero-order valence-corrected chi connectivity index (χ0v) is 13.6. The molecular formula is C15H21BrO4. The smallest absolute Gasteiger partial charge is 0.305 e. The maximum atomic E-state index is 11.1. The minimum atomic E-state index is -0.124. The molecule has 0 aromatic heterocycles. The Morgan fingerprint density at radius 3 is 2.75 bits per heavy atom. The summed E-state index contributed by atoms with van der Waals surface area (Å²) in [6.07, 6.45) is 3.14. The van der Waals surface area contributed by atoms with Crippen LogP contribution in [0.2, 0.25) is 0 Å². The van der Waals surface area contributed by atoms with Gasteiger partial charge in [0, 0.05) is 6.42 Å². The number of ether oxygens (including phenoxy) is 3. The van der Waals surface area contributed by atoms with Crippen molar-refractivity contribution in [3.05, 3.63) is 22.7 Å². The number of carbonyl (C=O) groups excluding carboxylic acids is 1. The molecular weight excluding hydrogens is 324 g/mol. The van der Waals surface area contributed by atoms with Gasteiger partial charge in [0.15, 0.2) is 11.5 Å². The molecule has 0 spiro atoms. The van der Waals surface area contributed by atoms with E-state index in [-0.39, 0.29) is 5.97 Å². The van der Waals surface area contributed by atoms with E-state index in [0.717, 1.165) is 29.5 Å². The average molecular weight is 345 g/mol. The molecule has 5 heteroatoms. The Balaban J connectivity index is 2.23. The lowest BCUT2D eigenvalue weighted by Gasteiger charge is -2.12. The molecule has 0 N–H and O–H groups in total. The number of halogens is 1. The Bertz CT molecular complexity index is 420. The Morgan fingerprint density at radius 1 is 1.25 bits per heavy atom. The summed E-state index contributed by atoms with van der Waals surface area (Å²) in [4.78, 5) is 11.1. The molecule has 0 unspecified atom stereocenters. The van der Waals surface area contributed by atoms with Gasteiger partial charge in [-0.15, -0.1) is 0 Å². The molecule has 0 amide bonds. The number of methoxy groups -OCH3 is 1. The van der Waals surface area contributed by atoms with Gasteiger partial charge in [-0.3, -0.25) is 4.79 Å². The van der Waals surface area contributed by atoms with Gasteiger partial charge < -0.3 is 14.2 Å². The highest BCUT2D eigenvalue weighted by molar-refractivity contribution is 9.10. The molecule has 0 bridgehead atoms. The number of unbranched alkanes of at least 4 members (excludes halogenated alkanes) is 2. The molecule has 1 rings (SSSR count). The number of para-hydroxylation sites is 1. The topological polar surface area (TPSA) is 44.8 Å². The average Bonchev–Trinajstić information content (AvgIpc) is 2.44. The zero-order chi connectivity index (χ0) is 14.8. The normalized spacial score (nSPS) is 10.2. The Labute approximate surface area is 128 Å². The van der Waals surface area contributed by atoms with Crippen molar-refractivity contribution in [2.24, 2.45) is 0 Å². The van der Waals surface area contributed by atoms with Crippen molar-refractivity contribution in [2.75, 3.05) is 20.3 Å². The summed E-state index contributed by atoms with van der Waals surface area (Å²) in [5.41, 5.74) is 0. The van der Waals surface area contributed by atoms with Crippen LogP contribution in [0.1, 0.15) is 32.6 Å². The summed E-state index contributed by atoms with van der Waals surface area (Å²) in [6, 6.07) is 5.68. The van der Waals surface area contributed by atoms with Crippen molar-refractivity contribution in [1.82, 2.24) is 0 Å². The second-order valence-electron chi connectivity index (χ2n) is 4.24. The van der Waals surface area contributed by atoms with E-state index in [1.165, 1.54) is 0 Å². The van der Waals surface area contributed by atoms with E-state index < -0.39 is 0 Å². The molecule has 0 aliphatic carbocycles. The molecule has 0 atom stereocenters. The monoisotopic (exact) mass is 344 g/mol. The van der Waals surface area contributed by atoms with Gasteiger partial charge in [0.1, 0.15) is 0 Å². The van der Waals surface area contributed by atoms with Crippen LogP contribution in [-0.2, 0) is 9.53 Å². The quantitative estimate of drug-likeness (QED) is 0.502. The first-order valence-electron chi connectivity index (χ1n) is 6.80. The van der Waals surface area contributed by atoms with Crippen LogP contribution in [0.4, 0.5) is 0 Å². The van der Waals surface area contributed by atoms with Gasteiger partial charge in [-0.05, 0) is 54.2 Å². The predicted octanol–water partition coefficient (Wildman–Crippen LogP) is 3.96. The minimum Gasteiger partial charge on any atom is -0.493 e. The third-order valence-corrected chi connectivity index (χ3v) is 3.35. The van der Waals surface area contributed by atoms with E-state index in [1.807, 2.05) is 25.1 Å². The van der Waals surface area contributed by atoms with E-state index in [9.17, 15) is 4.79 Å². The highest BCUT2D eigenvalue weighted by Gasteiger charge is 2.08. The van der Waals surface area contributed by atoms with Crippen molar-refractivity contribution in [1.29, 1.82) is 0 Å². The first kappa shape index (κ1) is 16.8. The van der Waals surface area contributed by atoms with Gasteiger partial charge in [-0.25, -0.2) is 0 Å². The predicted molar refractivity (Wildman–Crippen MR) is 81.3 cm³/mol. The van der Waals surface area contributed by atoms with Gasteiger partial charge in [-0.1, -0.05) is 6.07 Å². The summed E-state index contributed by atoms with van der Waals surface area (Å²) in [5, 5.41) is 0. The van der Waals surface area contributed by atoms with Gasteiger partial charge in [0.05, 0.1) is 24.8 Å². The summed E-state index contributed by atoms with van der Waals surface area (Å²) in [7, 11) is 1.62. The number of benzene rings is 1. The van der Waals surface area contributed by atoms with E-state index in [0.29, 0.717) is 25.4 Å². The number of rotatable bonds is 9. The maximum Gasteiger partial charge on any atom is 0.305 e. The van der Waals surface area contributed by atoms with E-state index in [4.69, 9.17) is 14.2 Å². The summed E-state index contributed by atoms with van der Waals surface area (Å²) in [5.74, 6) is 1.31. The number of hydrogen-bond donors (Lipinski definition) is 0. The third kappa shape index (κ3) is 5.82. The van der Waals surface area contributed by atoms with Gasteiger partial charge >= 0.3 is 5.97 Å². The third-order valence-electron chi connectivity index (χ3n) is 2.73. The largest absolute Gasteiger partial charge is 0.493 e. The second-order valence-corrected chi connectivity index (χ2v) is 5.09. The molecule has 0 saturated heterocycles. The first-order chi connectivity index (χ1) is 9.69. The van der Waals surface area contributed by atoms with Crippen LogP contribution in [-0.4, -0.2) is 26.3 Å². The van der Waals surface area contributed by atoms with Crippen LogP contribution in [0.25, 0.3) is 0 Å². The molecule has 0 aliphatic heterocycles. The molecule has 20 heavy (non-hydrogen) atoms. The summed E-state index contributed by atoms with van der Waals surface area (Å²) < 4.78 is 16.7. The molecule has 0 heterocycles. The van der Waals surface area contributed by atoms with Crippen LogP contribution in [0.3, 0.4) is 0 Å². The lowest BCUT2D eigenvalue weighted by molar-refractivity contribution is -0.143. The van der Waals surface area contributed by atoms with Crippen molar-refractivity contribution >= 4 is 21.9 Å². The summed E-state index contributed by atoms with van der Waals surface area (Å²) in [6.45, 7) is 2.86. The van der Waals surface area contributed by atoms with E-state index in [1.54, 1.807) is 7.11 Å². The molecule has 0 radical (unpaired) electrons. The van der Waals surface area contributed by atoms with Crippen LogP contribution in [0.5, 0.6) is 11.5 Å². The van der Waals surface area contributed by atoms with Crippen molar-refractivity contribution < 1.29 is 19.0 Å². The van der Waals surface area contributed by atoms with Crippen molar-refractivity contribution in [3.8, 4) is 11.5 Å². The van der Waals surface area contributed by atoms with E-state index in [2.05, 4.69) is 15.9 Å². The van der Waals surface area contributed by atoms with Gasteiger partial charge in [0.25, 0.3) is 0 Å². The Kier molecular flexibility index (Phi) is 8.11.